The molecule has 33 heavy (non-hydrogen) atoms. The van der Waals surface area contributed by atoms with Crippen LogP contribution in [0.2, 0.25) is 0 Å². The van der Waals surface area contributed by atoms with Crippen molar-refractivity contribution in [2.45, 2.75) is 32.9 Å². The number of aryl methyl sites for hydroxylation is 1. The quantitative estimate of drug-likeness (QED) is 0.512. The first-order valence-corrected chi connectivity index (χ1v) is 10.8. The molecule has 12 heteroatoms. The van der Waals surface area contributed by atoms with Crippen molar-refractivity contribution in [3.63, 3.8) is 0 Å². The number of nitrogens with one attached hydrogen (secondary N) is 3. The number of anilines is 4. The van der Waals surface area contributed by atoms with E-state index in [9.17, 15) is 9.59 Å². The minimum absolute atomic E-state index is 0.0176. The van der Waals surface area contributed by atoms with Gasteiger partial charge in [-0.15, -0.1) is 10.2 Å². The van der Waals surface area contributed by atoms with E-state index in [0.717, 1.165) is 35.5 Å². The maximum Gasteiger partial charge on any atom is 0.273 e. The Balaban J connectivity index is 1.54. The zero-order valence-electron chi connectivity index (χ0n) is 18.6. The molecule has 12 nitrogen and oxygen atoms in total. The van der Waals surface area contributed by atoms with Gasteiger partial charge in [-0.05, 0) is 25.8 Å². The fraction of sp³-hybridized carbons (Fsp3) is 0.381. The van der Waals surface area contributed by atoms with Crippen LogP contribution in [-0.2, 0) is 17.9 Å². The van der Waals surface area contributed by atoms with Crippen LogP contribution in [0.5, 0.6) is 0 Å². The Morgan fingerprint density at radius 1 is 1.21 bits per heavy atom. The average Bonchev–Trinajstić information content (AvgIpc) is 3.59. The molecule has 1 saturated carbocycles. The van der Waals surface area contributed by atoms with Gasteiger partial charge in [-0.25, -0.2) is 4.98 Å². The number of hydrogen-bond donors (Lipinski definition) is 3. The molecule has 5 rings (SSSR count). The third-order valence-corrected chi connectivity index (χ3v) is 5.64. The highest BCUT2D eigenvalue weighted by molar-refractivity contribution is 6.00. The molecule has 0 bridgehead atoms. The summed E-state index contributed by atoms with van der Waals surface area (Å²) in [5.41, 5.74) is 3.90. The lowest BCUT2D eigenvalue weighted by Gasteiger charge is -2.28. The Morgan fingerprint density at radius 2 is 2.03 bits per heavy atom. The SMILES string of the molecule is CCn1nc2c(n1)-c1ccnc(Nc3cc(NC(=O)C4CC4)nnc3C(=O)NC)c1N(C)C2. The molecule has 0 radical (unpaired) electrons. The van der Waals surface area contributed by atoms with Crippen LogP contribution in [0.15, 0.2) is 18.3 Å². The fourth-order valence-electron chi connectivity index (χ4n) is 3.80. The molecule has 4 heterocycles. The van der Waals surface area contributed by atoms with Gasteiger partial charge in [0.15, 0.2) is 17.3 Å². The van der Waals surface area contributed by atoms with Crippen LogP contribution in [0.4, 0.5) is 23.0 Å². The van der Waals surface area contributed by atoms with E-state index in [0.29, 0.717) is 24.6 Å². The number of amides is 2. The first kappa shape index (κ1) is 20.8. The monoisotopic (exact) mass is 448 g/mol. The second kappa shape index (κ2) is 8.11. The molecular formula is C21H24N10O2. The van der Waals surface area contributed by atoms with E-state index in [4.69, 9.17) is 0 Å². The predicted molar refractivity (Wildman–Crippen MR) is 121 cm³/mol. The van der Waals surface area contributed by atoms with Gasteiger partial charge in [0.2, 0.25) is 5.91 Å². The van der Waals surface area contributed by atoms with E-state index >= 15 is 0 Å². The lowest BCUT2D eigenvalue weighted by Crippen LogP contribution is -2.25. The van der Waals surface area contributed by atoms with Crippen LogP contribution in [0.3, 0.4) is 0 Å². The fourth-order valence-corrected chi connectivity index (χ4v) is 3.80. The summed E-state index contributed by atoms with van der Waals surface area (Å²) in [5, 5.41) is 25.8. The van der Waals surface area contributed by atoms with Gasteiger partial charge < -0.3 is 20.9 Å². The average molecular weight is 448 g/mol. The molecule has 3 aromatic rings. The van der Waals surface area contributed by atoms with Crippen LogP contribution in [0.1, 0.15) is 35.9 Å². The third-order valence-electron chi connectivity index (χ3n) is 5.64. The number of pyridine rings is 1. The van der Waals surface area contributed by atoms with E-state index in [1.165, 1.54) is 7.05 Å². The standard InChI is InChI=1S/C21H24N10O2/c1-4-31-28-14-10-30(3)18-12(16(14)29-31)7-8-23-19(18)24-13-9-15(25-20(32)11-5-6-11)26-27-17(13)21(33)22-2/h7-9,11H,4-6,10H2,1-3H3,(H,22,33)(H2,23,24,25,26,32). The number of nitrogens with zero attached hydrogens (tertiary/aromatic N) is 7. The molecule has 1 aliphatic heterocycles. The molecule has 0 aromatic carbocycles. The first-order valence-electron chi connectivity index (χ1n) is 10.8. The van der Waals surface area contributed by atoms with Crippen molar-refractivity contribution in [2.24, 2.45) is 5.92 Å². The van der Waals surface area contributed by atoms with Crippen molar-refractivity contribution in [1.29, 1.82) is 0 Å². The minimum Gasteiger partial charge on any atom is -0.365 e. The molecule has 0 saturated heterocycles. The van der Waals surface area contributed by atoms with Gasteiger partial charge in [0.1, 0.15) is 11.4 Å². The van der Waals surface area contributed by atoms with Crippen molar-refractivity contribution in [3.8, 4) is 11.3 Å². The minimum atomic E-state index is -0.406. The second-order valence-electron chi connectivity index (χ2n) is 8.06. The Kier molecular flexibility index (Phi) is 5.11. The largest absolute Gasteiger partial charge is 0.365 e. The Hall–Kier alpha value is -4.09. The molecule has 0 unspecified atom stereocenters. The van der Waals surface area contributed by atoms with Crippen molar-refractivity contribution >= 4 is 34.8 Å². The summed E-state index contributed by atoms with van der Waals surface area (Å²) in [6, 6.07) is 3.50. The molecule has 3 aromatic heterocycles. The highest BCUT2D eigenvalue weighted by atomic mass is 16.2. The molecule has 170 valence electrons. The van der Waals surface area contributed by atoms with Crippen molar-refractivity contribution < 1.29 is 9.59 Å². The molecule has 1 fully saturated rings. The van der Waals surface area contributed by atoms with E-state index in [1.54, 1.807) is 17.1 Å². The van der Waals surface area contributed by atoms with Crippen LogP contribution < -0.4 is 20.9 Å². The summed E-state index contributed by atoms with van der Waals surface area (Å²) in [4.78, 5) is 32.8. The lowest BCUT2D eigenvalue weighted by molar-refractivity contribution is -0.117. The molecule has 3 N–H and O–H groups in total. The summed E-state index contributed by atoms with van der Waals surface area (Å²) in [5.74, 6) is 0.322. The zero-order chi connectivity index (χ0) is 23.1. The van der Waals surface area contributed by atoms with Crippen LogP contribution in [-0.4, -0.2) is 56.1 Å². The topological polar surface area (TPSA) is 143 Å². The maximum atomic E-state index is 12.4. The van der Waals surface area contributed by atoms with Crippen molar-refractivity contribution in [1.82, 2.24) is 35.5 Å². The predicted octanol–water partition coefficient (Wildman–Crippen LogP) is 1.55. The van der Waals surface area contributed by atoms with E-state index in [-0.39, 0.29) is 23.3 Å². The van der Waals surface area contributed by atoms with Gasteiger partial charge in [-0.3, -0.25) is 9.59 Å². The number of rotatable bonds is 6. The number of carbonyl (C=O) groups excluding carboxylic acids is 2. The van der Waals surface area contributed by atoms with Gasteiger partial charge in [-0.1, -0.05) is 0 Å². The van der Waals surface area contributed by atoms with Gasteiger partial charge in [0, 0.05) is 37.8 Å². The molecule has 2 amide bonds. The van der Waals surface area contributed by atoms with Gasteiger partial charge in [0.25, 0.3) is 5.91 Å². The Labute approximate surface area is 189 Å². The van der Waals surface area contributed by atoms with Gasteiger partial charge in [-0.2, -0.15) is 15.0 Å². The van der Waals surface area contributed by atoms with Crippen LogP contribution in [0, 0.1) is 5.92 Å². The van der Waals surface area contributed by atoms with E-state index in [2.05, 4.69) is 41.3 Å². The summed E-state index contributed by atoms with van der Waals surface area (Å²) in [7, 11) is 3.47. The lowest BCUT2D eigenvalue weighted by atomic mass is 10.0. The number of aromatic nitrogens is 6. The van der Waals surface area contributed by atoms with Crippen molar-refractivity contribution in [3.05, 3.63) is 29.7 Å². The smallest absolute Gasteiger partial charge is 0.273 e. The summed E-state index contributed by atoms with van der Waals surface area (Å²) in [6.07, 6.45) is 3.43. The number of hydrogen-bond acceptors (Lipinski definition) is 9. The normalized spacial score (nSPS) is 14.3. The Bertz CT molecular complexity index is 1250. The Morgan fingerprint density at radius 3 is 2.76 bits per heavy atom. The van der Waals surface area contributed by atoms with E-state index < -0.39 is 5.91 Å². The van der Waals surface area contributed by atoms with Gasteiger partial charge in [0.05, 0.1) is 24.5 Å². The van der Waals surface area contributed by atoms with Crippen LogP contribution in [0.25, 0.3) is 11.3 Å². The summed E-state index contributed by atoms with van der Waals surface area (Å²) >= 11 is 0. The highest BCUT2D eigenvalue weighted by Crippen LogP contribution is 2.41. The summed E-state index contributed by atoms with van der Waals surface area (Å²) < 4.78 is 0. The molecular weight excluding hydrogens is 424 g/mol. The number of carbonyl (C=O) groups is 2. The second-order valence-corrected chi connectivity index (χ2v) is 8.06. The first-order chi connectivity index (χ1) is 16.0. The molecule has 0 atom stereocenters. The van der Waals surface area contributed by atoms with Gasteiger partial charge >= 0.3 is 0 Å². The molecule has 1 aliphatic carbocycles. The maximum absolute atomic E-state index is 12.4. The summed E-state index contributed by atoms with van der Waals surface area (Å²) in [6.45, 7) is 3.24. The van der Waals surface area contributed by atoms with E-state index in [1.807, 2.05) is 24.9 Å². The highest BCUT2D eigenvalue weighted by Gasteiger charge is 2.31. The third kappa shape index (κ3) is 3.83. The number of fused-ring (bicyclic) bond motifs is 3. The zero-order valence-corrected chi connectivity index (χ0v) is 18.6. The molecule has 0 spiro atoms. The van der Waals surface area contributed by atoms with Crippen molar-refractivity contribution in [2.75, 3.05) is 29.6 Å². The van der Waals surface area contributed by atoms with Crippen LogP contribution >= 0.6 is 0 Å². The molecule has 2 aliphatic rings.